The van der Waals surface area contributed by atoms with E-state index < -0.39 is 5.41 Å². The molecule has 0 radical (unpaired) electrons. The summed E-state index contributed by atoms with van der Waals surface area (Å²) < 4.78 is 2.14. The minimum absolute atomic E-state index is 0.000336. The Morgan fingerprint density at radius 2 is 0.946 bits per heavy atom. The van der Waals surface area contributed by atoms with Crippen molar-refractivity contribution in [2.75, 3.05) is 4.90 Å². The van der Waals surface area contributed by atoms with Crippen LogP contribution in [0, 0.1) is 11.3 Å². The number of halogens is 2. The molecule has 8 rings (SSSR count). The molecule has 0 saturated carbocycles. The van der Waals surface area contributed by atoms with E-state index in [9.17, 15) is 0 Å². The van der Waals surface area contributed by atoms with Crippen LogP contribution in [-0.2, 0) is 21.7 Å². The van der Waals surface area contributed by atoms with Crippen LogP contribution in [-0.4, -0.2) is 0 Å². The Morgan fingerprint density at radius 3 is 1.38 bits per heavy atom. The van der Waals surface area contributed by atoms with Crippen LogP contribution >= 0.6 is 31.9 Å². The van der Waals surface area contributed by atoms with Crippen LogP contribution in [0.1, 0.15) is 128 Å². The predicted octanol–water partition coefficient (Wildman–Crippen LogP) is 16.1. The summed E-state index contributed by atoms with van der Waals surface area (Å²) in [4.78, 5) is 2.52. The maximum atomic E-state index is 3.74. The van der Waals surface area contributed by atoms with E-state index in [0.717, 1.165) is 20.3 Å². The molecule has 0 bridgehead atoms. The summed E-state index contributed by atoms with van der Waals surface area (Å²) in [7, 11) is 0. The molecule has 0 heterocycles. The van der Waals surface area contributed by atoms with Gasteiger partial charge in [-0.05, 0) is 132 Å². The molecule has 3 heteroatoms. The Kier molecular flexibility index (Phi) is 9.22. The molecule has 0 amide bonds. The van der Waals surface area contributed by atoms with Gasteiger partial charge >= 0.3 is 0 Å². The first kappa shape index (κ1) is 39.2. The lowest BCUT2D eigenvalue weighted by atomic mass is 9.62. The molecular weight excluding hydrogens is 810 g/mol. The monoisotopic (exact) mass is 865 g/mol. The first-order valence-corrected chi connectivity index (χ1v) is 21.9. The topological polar surface area (TPSA) is 3.24 Å². The summed E-state index contributed by atoms with van der Waals surface area (Å²) >= 11 is 7.48. The highest BCUT2D eigenvalue weighted by Crippen LogP contribution is 2.68. The van der Waals surface area contributed by atoms with Gasteiger partial charge in [0.15, 0.2) is 0 Å². The fraction of sp³-hybridized carbons (Fsp3) is 0.358. The van der Waals surface area contributed by atoms with Gasteiger partial charge < -0.3 is 4.90 Å². The van der Waals surface area contributed by atoms with Crippen LogP contribution in [0.4, 0.5) is 17.1 Å². The second-order valence-corrected chi connectivity index (χ2v) is 22.4. The van der Waals surface area contributed by atoms with E-state index >= 15 is 0 Å². The number of benzene rings is 5. The second kappa shape index (κ2) is 13.2. The molecule has 0 fully saturated rings. The summed E-state index contributed by atoms with van der Waals surface area (Å²) in [6.45, 7) is 28.4. The number of nitrogens with zero attached hydrogens (tertiary/aromatic N) is 1. The Labute approximate surface area is 353 Å². The normalized spacial score (nSPS) is 18.4. The van der Waals surface area contributed by atoms with Crippen LogP contribution in [0.15, 0.2) is 130 Å². The minimum Gasteiger partial charge on any atom is -0.310 e. The Morgan fingerprint density at radius 1 is 0.500 bits per heavy atom. The average molecular weight is 868 g/mol. The molecule has 0 N–H and O–H groups in total. The first-order chi connectivity index (χ1) is 26.1. The number of anilines is 3. The molecule has 2 atom stereocenters. The molecule has 56 heavy (non-hydrogen) atoms. The SMILES string of the molecule is CC(C)(C)C1=CC2C(C=C1)c1c(N(c3ccc(Br)cc3)c3ccc(Br)cc3)cc(C(C)(C)C)cc1C21c2cc(C(C)(C)C)ccc2-c2ccc(C(C)(C)C)cc21. The van der Waals surface area contributed by atoms with Crippen molar-refractivity contribution in [3.8, 4) is 11.1 Å². The summed E-state index contributed by atoms with van der Waals surface area (Å²) in [5.74, 6) is 0.330. The highest BCUT2D eigenvalue weighted by Gasteiger charge is 2.59. The van der Waals surface area contributed by atoms with Gasteiger partial charge in [0.1, 0.15) is 0 Å². The van der Waals surface area contributed by atoms with Gasteiger partial charge in [-0.1, -0.05) is 176 Å². The van der Waals surface area contributed by atoms with Gasteiger partial charge in [-0.2, -0.15) is 0 Å². The summed E-state index contributed by atoms with van der Waals surface area (Å²) in [5, 5.41) is 0. The molecule has 288 valence electrons. The van der Waals surface area contributed by atoms with E-state index in [1.54, 1.807) is 0 Å². The Balaban J connectivity index is 1.58. The van der Waals surface area contributed by atoms with Crippen LogP contribution in [0.2, 0.25) is 0 Å². The zero-order chi connectivity index (χ0) is 40.3. The zero-order valence-corrected chi connectivity index (χ0v) is 38.5. The Bertz CT molecular complexity index is 2310. The summed E-state index contributed by atoms with van der Waals surface area (Å²) in [6, 6.07) is 37.7. The maximum Gasteiger partial charge on any atom is 0.0539 e. The molecule has 0 aromatic heterocycles. The van der Waals surface area contributed by atoms with Crippen molar-refractivity contribution < 1.29 is 0 Å². The van der Waals surface area contributed by atoms with Gasteiger partial charge in [-0.3, -0.25) is 0 Å². The first-order valence-electron chi connectivity index (χ1n) is 20.3. The average Bonchev–Trinajstić information content (AvgIpc) is 3.58. The standard InChI is InChI=1S/C53H57Br2N/c1-49(2,3)32-13-24-40-41-25-14-33(50(4,5)6)28-44(41)53(43(40)27-32)45-29-34(51(7,8)9)15-26-42(45)48-46(53)30-35(52(10,11)12)31-47(48)56(38-20-16-36(54)17-21-38)39-22-18-37(55)19-23-39/h13-31,42,45H,1-12H3. The van der Waals surface area contributed by atoms with E-state index in [4.69, 9.17) is 0 Å². The van der Waals surface area contributed by atoms with Crippen molar-refractivity contribution in [2.24, 2.45) is 11.3 Å². The quantitative estimate of drug-likeness (QED) is 0.175. The van der Waals surface area contributed by atoms with Crippen molar-refractivity contribution >= 4 is 48.9 Å². The van der Waals surface area contributed by atoms with Crippen LogP contribution in [0.5, 0.6) is 0 Å². The molecule has 3 aliphatic rings. The van der Waals surface area contributed by atoms with Crippen molar-refractivity contribution in [3.05, 3.63) is 169 Å². The van der Waals surface area contributed by atoms with Crippen LogP contribution in [0.25, 0.3) is 11.1 Å². The smallest absolute Gasteiger partial charge is 0.0539 e. The third-order valence-electron chi connectivity index (χ3n) is 12.7. The lowest BCUT2D eigenvalue weighted by molar-refractivity contribution is 0.437. The van der Waals surface area contributed by atoms with Gasteiger partial charge in [-0.25, -0.2) is 0 Å². The van der Waals surface area contributed by atoms with Crippen LogP contribution in [0.3, 0.4) is 0 Å². The van der Waals surface area contributed by atoms with E-state index in [2.05, 4.69) is 235 Å². The van der Waals surface area contributed by atoms with E-state index in [1.165, 1.54) is 61.3 Å². The van der Waals surface area contributed by atoms with Gasteiger partial charge in [0.2, 0.25) is 0 Å². The lowest BCUT2D eigenvalue weighted by Crippen LogP contribution is -2.35. The third-order valence-corrected chi connectivity index (χ3v) is 13.8. The fourth-order valence-electron chi connectivity index (χ4n) is 9.51. The number of hydrogen-bond donors (Lipinski definition) is 0. The van der Waals surface area contributed by atoms with Crippen molar-refractivity contribution in [1.82, 2.24) is 0 Å². The molecule has 3 aliphatic carbocycles. The Hall–Kier alpha value is -3.66. The molecule has 1 spiro atoms. The largest absolute Gasteiger partial charge is 0.310 e. The number of hydrogen-bond acceptors (Lipinski definition) is 1. The fourth-order valence-corrected chi connectivity index (χ4v) is 10.0. The molecule has 0 aliphatic heterocycles. The van der Waals surface area contributed by atoms with E-state index in [0.29, 0.717) is 0 Å². The van der Waals surface area contributed by atoms with Gasteiger partial charge in [0, 0.05) is 32.2 Å². The van der Waals surface area contributed by atoms with Crippen molar-refractivity contribution in [2.45, 2.75) is 111 Å². The molecule has 5 aromatic carbocycles. The van der Waals surface area contributed by atoms with Crippen molar-refractivity contribution in [3.63, 3.8) is 0 Å². The van der Waals surface area contributed by atoms with Gasteiger partial charge in [-0.15, -0.1) is 0 Å². The highest BCUT2D eigenvalue weighted by molar-refractivity contribution is 9.10. The molecular formula is C53H57Br2N. The molecule has 0 saturated heterocycles. The van der Waals surface area contributed by atoms with Crippen LogP contribution < -0.4 is 4.90 Å². The van der Waals surface area contributed by atoms with Crippen molar-refractivity contribution in [1.29, 1.82) is 0 Å². The lowest BCUT2D eigenvalue weighted by Gasteiger charge is -2.39. The number of fused-ring (bicyclic) bond motifs is 10. The zero-order valence-electron chi connectivity index (χ0n) is 35.3. The number of rotatable bonds is 3. The molecule has 5 aromatic rings. The maximum absolute atomic E-state index is 3.74. The predicted molar refractivity (Wildman–Crippen MR) is 247 cm³/mol. The van der Waals surface area contributed by atoms with Gasteiger partial charge in [0.05, 0.1) is 11.1 Å². The van der Waals surface area contributed by atoms with Gasteiger partial charge in [0.25, 0.3) is 0 Å². The molecule has 1 nitrogen and oxygen atoms in total. The minimum atomic E-state index is -0.407. The number of allylic oxidation sites excluding steroid dienone is 4. The van der Waals surface area contributed by atoms with E-state index in [-0.39, 0.29) is 33.5 Å². The highest BCUT2D eigenvalue weighted by atomic mass is 79.9. The summed E-state index contributed by atoms with van der Waals surface area (Å²) in [5.41, 5.74) is 17.1. The van der Waals surface area contributed by atoms with E-state index in [1.807, 2.05) is 0 Å². The summed E-state index contributed by atoms with van der Waals surface area (Å²) in [6.07, 6.45) is 7.71. The molecule has 2 unspecified atom stereocenters. The second-order valence-electron chi connectivity index (χ2n) is 20.6. The third kappa shape index (κ3) is 6.31.